The standard InChI is InChI=1S/C25H37N3O3S/c1-24(2,3)19-7-9-20(10-8-19)25(4,5)18-27-23-12-11-22(17-26-23)32(29,30)28(6)21-13-15-31-16-14-21/h7-12,17,21H,13-16,18H2,1-6H3,(H,26,27). The molecule has 0 amide bonds. The molecule has 0 spiro atoms. The highest BCUT2D eigenvalue weighted by Gasteiger charge is 2.29. The summed E-state index contributed by atoms with van der Waals surface area (Å²) in [5, 5.41) is 3.36. The van der Waals surface area contributed by atoms with Gasteiger partial charge < -0.3 is 10.1 Å². The Hall–Kier alpha value is -1.96. The number of pyridine rings is 1. The van der Waals surface area contributed by atoms with Crippen LogP contribution in [0.15, 0.2) is 47.5 Å². The van der Waals surface area contributed by atoms with Crippen LogP contribution in [0.5, 0.6) is 0 Å². The number of aromatic nitrogens is 1. The topological polar surface area (TPSA) is 71.5 Å². The molecular formula is C25H37N3O3S. The third-order valence-corrected chi connectivity index (χ3v) is 8.26. The van der Waals surface area contributed by atoms with E-state index < -0.39 is 10.0 Å². The second-order valence-electron chi connectivity index (χ2n) is 10.3. The summed E-state index contributed by atoms with van der Waals surface area (Å²) in [6.07, 6.45) is 2.88. The Morgan fingerprint density at radius 2 is 1.59 bits per heavy atom. The van der Waals surface area contributed by atoms with Crippen molar-refractivity contribution in [3.05, 3.63) is 53.7 Å². The third kappa shape index (κ3) is 5.69. The molecule has 0 radical (unpaired) electrons. The molecule has 7 heteroatoms. The highest BCUT2D eigenvalue weighted by Crippen LogP contribution is 2.28. The lowest BCUT2D eigenvalue weighted by atomic mass is 9.81. The summed E-state index contributed by atoms with van der Waals surface area (Å²) in [5.41, 5.74) is 2.59. The maximum absolute atomic E-state index is 13.0. The van der Waals surface area contributed by atoms with Crippen LogP contribution in [-0.4, -0.2) is 50.6 Å². The molecule has 176 valence electrons. The van der Waals surface area contributed by atoms with Crippen molar-refractivity contribution in [3.63, 3.8) is 0 Å². The highest BCUT2D eigenvalue weighted by molar-refractivity contribution is 7.89. The smallest absolute Gasteiger partial charge is 0.244 e. The third-order valence-electron chi connectivity index (χ3n) is 6.36. The van der Waals surface area contributed by atoms with Crippen molar-refractivity contribution in [2.45, 2.75) is 69.2 Å². The van der Waals surface area contributed by atoms with Crippen LogP contribution in [-0.2, 0) is 25.6 Å². The Bertz CT molecular complexity index is 988. The van der Waals surface area contributed by atoms with Gasteiger partial charge in [-0.05, 0) is 41.5 Å². The first-order chi connectivity index (χ1) is 14.9. The highest BCUT2D eigenvalue weighted by atomic mass is 32.2. The SMILES string of the molecule is CN(C1CCOCC1)S(=O)(=O)c1ccc(NCC(C)(C)c2ccc(C(C)(C)C)cc2)nc1. The molecule has 32 heavy (non-hydrogen) atoms. The van der Waals surface area contributed by atoms with E-state index >= 15 is 0 Å². The van der Waals surface area contributed by atoms with Gasteiger partial charge in [0.2, 0.25) is 10.0 Å². The molecule has 0 bridgehead atoms. The van der Waals surface area contributed by atoms with Gasteiger partial charge in [0.25, 0.3) is 0 Å². The molecule has 0 saturated carbocycles. The van der Waals surface area contributed by atoms with Crippen LogP contribution >= 0.6 is 0 Å². The zero-order valence-electron chi connectivity index (χ0n) is 20.2. The average molecular weight is 460 g/mol. The largest absolute Gasteiger partial charge is 0.381 e. The van der Waals surface area contributed by atoms with E-state index in [1.807, 2.05) is 0 Å². The number of hydrogen-bond donors (Lipinski definition) is 1. The van der Waals surface area contributed by atoms with Crippen molar-refractivity contribution in [2.75, 3.05) is 32.1 Å². The van der Waals surface area contributed by atoms with E-state index in [0.717, 1.165) is 0 Å². The quantitative estimate of drug-likeness (QED) is 0.657. The molecule has 1 N–H and O–H groups in total. The average Bonchev–Trinajstić information content (AvgIpc) is 2.77. The first kappa shape index (κ1) is 24.7. The van der Waals surface area contributed by atoms with E-state index in [1.165, 1.54) is 21.6 Å². The normalized spacial score (nSPS) is 16.3. The minimum Gasteiger partial charge on any atom is -0.381 e. The van der Waals surface area contributed by atoms with Crippen molar-refractivity contribution >= 4 is 15.8 Å². The molecule has 0 atom stereocenters. The molecule has 0 aliphatic carbocycles. The summed E-state index contributed by atoms with van der Waals surface area (Å²) in [5.74, 6) is 0.664. The molecule has 1 aliphatic rings. The molecule has 0 unspecified atom stereocenters. The molecule has 1 saturated heterocycles. The van der Waals surface area contributed by atoms with Gasteiger partial charge in [0.1, 0.15) is 10.7 Å². The van der Waals surface area contributed by atoms with Crippen LogP contribution in [0.4, 0.5) is 5.82 Å². The molecule has 1 aliphatic heterocycles. The zero-order chi connectivity index (χ0) is 23.6. The number of ether oxygens (including phenoxy) is 1. The summed E-state index contributed by atoms with van der Waals surface area (Å²) >= 11 is 0. The van der Waals surface area contributed by atoms with Gasteiger partial charge in [-0.3, -0.25) is 0 Å². The number of benzene rings is 1. The molecule has 1 fully saturated rings. The number of nitrogens with one attached hydrogen (secondary N) is 1. The van der Waals surface area contributed by atoms with Crippen LogP contribution in [0.3, 0.4) is 0 Å². The van der Waals surface area contributed by atoms with Crippen molar-refractivity contribution in [3.8, 4) is 0 Å². The van der Waals surface area contributed by atoms with Crippen LogP contribution in [0, 0.1) is 0 Å². The lowest BCUT2D eigenvalue weighted by Gasteiger charge is -2.30. The van der Waals surface area contributed by atoms with Crippen molar-refractivity contribution in [2.24, 2.45) is 0 Å². The lowest BCUT2D eigenvalue weighted by molar-refractivity contribution is 0.0632. The number of hydrogen-bond acceptors (Lipinski definition) is 5. The maximum Gasteiger partial charge on any atom is 0.244 e. The van der Waals surface area contributed by atoms with E-state index in [2.05, 4.69) is 69.2 Å². The Morgan fingerprint density at radius 1 is 1.00 bits per heavy atom. The molecule has 3 rings (SSSR count). The minimum absolute atomic E-state index is 0.0305. The number of sulfonamides is 1. The Morgan fingerprint density at radius 3 is 2.12 bits per heavy atom. The number of rotatable bonds is 7. The van der Waals surface area contributed by atoms with E-state index in [9.17, 15) is 8.42 Å². The van der Waals surface area contributed by atoms with Crippen molar-refractivity contribution in [1.29, 1.82) is 0 Å². The van der Waals surface area contributed by atoms with Gasteiger partial charge in [-0.25, -0.2) is 13.4 Å². The van der Waals surface area contributed by atoms with Crippen molar-refractivity contribution in [1.82, 2.24) is 9.29 Å². The van der Waals surface area contributed by atoms with Crippen LogP contribution in [0.25, 0.3) is 0 Å². The van der Waals surface area contributed by atoms with Crippen LogP contribution in [0.2, 0.25) is 0 Å². The Balaban J connectivity index is 1.65. The summed E-state index contributed by atoms with van der Waals surface area (Å²) in [7, 11) is -1.93. The van der Waals surface area contributed by atoms with E-state index in [0.29, 0.717) is 38.4 Å². The summed E-state index contributed by atoms with van der Waals surface area (Å²) in [6.45, 7) is 12.9. The maximum atomic E-state index is 13.0. The molecule has 6 nitrogen and oxygen atoms in total. The van der Waals surface area contributed by atoms with Gasteiger partial charge in [0.15, 0.2) is 0 Å². The first-order valence-corrected chi connectivity index (χ1v) is 12.7. The second-order valence-corrected chi connectivity index (χ2v) is 12.3. The fourth-order valence-corrected chi connectivity index (χ4v) is 5.25. The van der Waals surface area contributed by atoms with Gasteiger partial charge in [-0.2, -0.15) is 4.31 Å². The monoisotopic (exact) mass is 459 g/mol. The predicted octanol–water partition coefficient (Wildman–Crippen LogP) is 4.57. The first-order valence-electron chi connectivity index (χ1n) is 11.3. The van der Waals surface area contributed by atoms with Gasteiger partial charge >= 0.3 is 0 Å². The minimum atomic E-state index is -3.57. The van der Waals surface area contributed by atoms with Crippen molar-refractivity contribution < 1.29 is 13.2 Å². The van der Waals surface area contributed by atoms with Crippen LogP contribution < -0.4 is 5.32 Å². The zero-order valence-corrected chi connectivity index (χ0v) is 21.0. The van der Waals surface area contributed by atoms with Crippen LogP contribution in [0.1, 0.15) is 58.6 Å². The molecule has 2 heterocycles. The summed E-state index contributed by atoms with van der Waals surface area (Å²) in [6, 6.07) is 12.1. The number of nitrogens with zero attached hydrogens (tertiary/aromatic N) is 2. The molecule has 1 aromatic heterocycles. The van der Waals surface area contributed by atoms with E-state index in [-0.39, 0.29) is 21.8 Å². The van der Waals surface area contributed by atoms with Gasteiger partial charge in [-0.1, -0.05) is 58.9 Å². The van der Waals surface area contributed by atoms with E-state index in [4.69, 9.17) is 4.74 Å². The Labute approximate surface area is 193 Å². The predicted molar refractivity (Wildman–Crippen MR) is 130 cm³/mol. The fraction of sp³-hybridized carbons (Fsp3) is 0.560. The molecular weight excluding hydrogens is 422 g/mol. The summed E-state index contributed by atoms with van der Waals surface area (Å²) in [4.78, 5) is 4.59. The molecule has 2 aromatic rings. The second kappa shape index (κ2) is 9.49. The van der Waals surface area contributed by atoms with Gasteiger partial charge in [0, 0.05) is 44.5 Å². The Kier molecular flexibility index (Phi) is 7.32. The lowest BCUT2D eigenvalue weighted by Crippen LogP contribution is -2.40. The van der Waals surface area contributed by atoms with Gasteiger partial charge in [-0.15, -0.1) is 0 Å². The molecule has 1 aromatic carbocycles. The fourth-order valence-electron chi connectivity index (χ4n) is 3.88. The van der Waals surface area contributed by atoms with Gasteiger partial charge in [0.05, 0.1) is 0 Å². The number of anilines is 1. The summed E-state index contributed by atoms with van der Waals surface area (Å²) < 4.78 is 32.7. The van der Waals surface area contributed by atoms with E-state index in [1.54, 1.807) is 19.2 Å².